The van der Waals surface area contributed by atoms with Crippen LogP contribution >= 0.6 is 11.8 Å². The van der Waals surface area contributed by atoms with Gasteiger partial charge < -0.3 is 14.8 Å². The fourth-order valence-electron chi connectivity index (χ4n) is 1.96. The van der Waals surface area contributed by atoms with E-state index < -0.39 is 5.97 Å². The number of tetrazole rings is 1. The maximum Gasteiger partial charge on any atom is 0.335 e. The van der Waals surface area contributed by atoms with Crippen molar-refractivity contribution < 1.29 is 19.1 Å². The second-order valence-electron chi connectivity index (χ2n) is 4.87. The standard InChI is InChI=1S/C15H13N5O4S/c21-13(16-8-12-2-1-7-24-12)9-25-15-17-18-19-20(15)11-5-3-10(4-6-11)14(22)23/h1-7H,8-9H2,(H,16,21)(H,22,23). The summed E-state index contributed by atoms with van der Waals surface area (Å²) < 4.78 is 6.58. The van der Waals surface area contributed by atoms with Crippen LogP contribution in [0.25, 0.3) is 5.69 Å². The predicted octanol–water partition coefficient (Wildman–Crippen LogP) is 1.36. The molecule has 0 aliphatic heterocycles. The Kier molecular flexibility index (Phi) is 5.09. The molecule has 0 fully saturated rings. The summed E-state index contributed by atoms with van der Waals surface area (Å²) in [6.45, 7) is 0.313. The molecular formula is C15H13N5O4S. The molecule has 0 aliphatic carbocycles. The number of amides is 1. The van der Waals surface area contributed by atoms with Crippen molar-refractivity contribution in [1.29, 1.82) is 0 Å². The first-order valence-electron chi connectivity index (χ1n) is 7.17. The number of rotatable bonds is 7. The lowest BCUT2D eigenvalue weighted by molar-refractivity contribution is -0.118. The van der Waals surface area contributed by atoms with Crippen LogP contribution in [0.15, 0.2) is 52.2 Å². The van der Waals surface area contributed by atoms with Crippen LogP contribution in [0.2, 0.25) is 0 Å². The molecule has 0 aliphatic rings. The number of carboxylic acid groups (broad SMARTS) is 1. The molecular weight excluding hydrogens is 346 g/mol. The van der Waals surface area contributed by atoms with Gasteiger partial charge in [0.05, 0.1) is 29.8 Å². The van der Waals surface area contributed by atoms with Crippen LogP contribution in [0.1, 0.15) is 16.1 Å². The molecule has 0 radical (unpaired) electrons. The molecule has 128 valence electrons. The average molecular weight is 359 g/mol. The van der Waals surface area contributed by atoms with Crippen LogP contribution in [0.4, 0.5) is 0 Å². The number of carbonyl (C=O) groups excluding carboxylic acids is 1. The molecule has 0 saturated carbocycles. The van der Waals surface area contributed by atoms with Gasteiger partial charge in [0.15, 0.2) is 0 Å². The molecule has 2 heterocycles. The van der Waals surface area contributed by atoms with Crippen molar-refractivity contribution in [3.05, 3.63) is 54.0 Å². The van der Waals surface area contributed by atoms with Crippen LogP contribution in [0.5, 0.6) is 0 Å². The zero-order valence-corrected chi connectivity index (χ0v) is 13.6. The number of thioether (sulfide) groups is 1. The topological polar surface area (TPSA) is 123 Å². The molecule has 0 unspecified atom stereocenters. The summed E-state index contributed by atoms with van der Waals surface area (Å²) in [6, 6.07) is 9.64. The third-order valence-corrected chi connectivity index (χ3v) is 4.09. The van der Waals surface area contributed by atoms with Gasteiger partial charge in [-0.15, -0.1) is 5.10 Å². The van der Waals surface area contributed by atoms with E-state index in [0.717, 1.165) is 0 Å². The van der Waals surface area contributed by atoms with Crippen LogP contribution in [-0.4, -0.2) is 42.9 Å². The van der Waals surface area contributed by atoms with Gasteiger partial charge in [-0.3, -0.25) is 4.79 Å². The Morgan fingerprint density at radius 3 is 2.72 bits per heavy atom. The second-order valence-corrected chi connectivity index (χ2v) is 5.81. The molecule has 0 spiro atoms. The van der Waals surface area contributed by atoms with E-state index in [1.54, 1.807) is 30.5 Å². The van der Waals surface area contributed by atoms with Gasteiger partial charge in [-0.05, 0) is 46.8 Å². The van der Waals surface area contributed by atoms with Crippen molar-refractivity contribution in [2.45, 2.75) is 11.7 Å². The molecule has 0 bridgehead atoms. The van der Waals surface area contributed by atoms with Gasteiger partial charge in [0.1, 0.15) is 5.76 Å². The van der Waals surface area contributed by atoms with Gasteiger partial charge in [0, 0.05) is 0 Å². The van der Waals surface area contributed by atoms with Crippen LogP contribution in [-0.2, 0) is 11.3 Å². The highest BCUT2D eigenvalue weighted by Crippen LogP contribution is 2.18. The van der Waals surface area contributed by atoms with Crippen molar-refractivity contribution in [2.24, 2.45) is 0 Å². The van der Waals surface area contributed by atoms with Gasteiger partial charge >= 0.3 is 5.97 Å². The number of hydrogen-bond acceptors (Lipinski definition) is 7. The molecule has 10 heteroatoms. The molecule has 1 amide bonds. The van der Waals surface area contributed by atoms with E-state index in [1.807, 2.05) is 0 Å². The minimum absolute atomic E-state index is 0.133. The SMILES string of the molecule is O=C(CSc1nnnn1-c1ccc(C(=O)O)cc1)NCc1ccco1. The van der Waals surface area contributed by atoms with Gasteiger partial charge in [-0.1, -0.05) is 11.8 Å². The Morgan fingerprint density at radius 2 is 2.04 bits per heavy atom. The highest BCUT2D eigenvalue weighted by Gasteiger charge is 2.12. The third-order valence-electron chi connectivity index (χ3n) is 3.17. The summed E-state index contributed by atoms with van der Waals surface area (Å²) in [5.41, 5.74) is 0.775. The summed E-state index contributed by atoms with van der Waals surface area (Å²) >= 11 is 1.17. The number of hydrogen-bond donors (Lipinski definition) is 2. The fourth-order valence-corrected chi connectivity index (χ4v) is 2.68. The van der Waals surface area contributed by atoms with Gasteiger partial charge in [0.2, 0.25) is 11.1 Å². The van der Waals surface area contributed by atoms with E-state index in [-0.39, 0.29) is 17.2 Å². The zero-order chi connectivity index (χ0) is 17.6. The quantitative estimate of drug-likeness (QED) is 0.606. The Morgan fingerprint density at radius 1 is 1.24 bits per heavy atom. The van der Waals surface area contributed by atoms with Crippen molar-refractivity contribution in [1.82, 2.24) is 25.5 Å². The Bertz CT molecular complexity index is 860. The molecule has 0 atom stereocenters. The molecule has 0 saturated heterocycles. The van der Waals surface area contributed by atoms with Crippen molar-refractivity contribution >= 4 is 23.6 Å². The number of nitrogens with one attached hydrogen (secondary N) is 1. The van der Waals surface area contributed by atoms with Crippen LogP contribution in [0, 0.1) is 0 Å². The first kappa shape index (κ1) is 16.7. The van der Waals surface area contributed by atoms with E-state index in [4.69, 9.17) is 9.52 Å². The number of aromatic nitrogens is 4. The predicted molar refractivity (Wildman–Crippen MR) is 87.4 cm³/mol. The average Bonchev–Trinajstić information content (AvgIpc) is 3.29. The van der Waals surface area contributed by atoms with Crippen molar-refractivity contribution in [3.8, 4) is 5.69 Å². The van der Waals surface area contributed by atoms with E-state index >= 15 is 0 Å². The van der Waals surface area contributed by atoms with E-state index in [2.05, 4.69) is 20.8 Å². The first-order chi connectivity index (χ1) is 12.1. The normalized spacial score (nSPS) is 10.6. The molecule has 3 rings (SSSR count). The number of carboxylic acids is 1. The van der Waals surface area contributed by atoms with E-state index in [9.17, 15) is 9.59 Å². The summed E-state index contributed by atoms with van der Waals surface area (Å²) in [6.07, 6.45) is 1.54. The zero-order valence-electron chi connectivity index (χ0n) is 12.8. The molecule has 2 N–H and O–H groups in total. The van der Waals surface area contributed by atoms with Gasteiger partial charge in [-0.25, -0.2) is 4.79 Å². The second kappa shape index (κ2) is 7.62. The van der Waals surface area contributed by atoms with E-state index in [1.165, 1.54) is 28.6 Å². The maximum absolute atomic E-state index is 11.9. The number of furan rings is 1. The lowest BCUT2D eigenvalue weighted by Gasteiger charge is -2.05. The summed E-state index contributed by atoms with van der Waals surface area (Å²) in [5.74, 6) is -0.390. The molecule has 25 heavy (non-hydrogen) atoms. The number of carbonyl (C=O) groups is 2. The highest BCUT2D eigenvalue weighted by molar-refractivity contribution is 7.99. The summed E-state index contributed by atoms with van der Waals surface area (Å²) in [7, 11) is 0. The Hall–Kier alpha value is -3.14. The smallest absolute Gasteiger partial charge is 0.335 e. The Balaban J connectivity index is 1.59. The largest absolute Gasteiger partial charge is 0.478 e. The van der Waals surface area contributed by atoms with Gasteiger partial charge in [-0.2, -0.15) is 4.68 Å². The lowest BCUT2D eigenvalue weighted by Crippen LogP contribution is -2.24. The summed E-state index contributed by atoms with van der Waals surface area (Å²) in [4.78, 5) is 22.8. The van der Waals surface area contributed by atoms with E-state index in [0.29, 0.717) is 23.1 Å². The van der Waals surface area contributed by atoms with Crippen molar-refractivity contribution in [2.75, 3.05) is 5.75 Å². The lowest BCUT2D eigenvalue weighted by atomic mass is 10.2. The van der Waals surface area contributed by atoms with Crippen molar-refractivity contribution in [3.63, 3.8) is 0 Å². The minimum Gasteiger partial charge on any atom is -0.478 e. The number of benzene rings is 1. The molecule has 3 aromatic rings. The minimum atomic E-state index is -1.01. The van der Waals surface area contributed by atoms with Crippen LogP contribution in [0.3, 0.4) is 0 Å². The first-order valence-corrected chi connectivity index (χ1v) is 8.16. The van der Waals surface area contributed by atoms with Crippen LogP contribution < -0.4 is 5.32 Å². The molecule has 1 aromatic carbocycles. The Labute approximate surface area is 146 Å². The van der Waals surface area contributed by atoms with Gasteiger partial charge in [0.25, 0.3) is 0 Å². The maximum atomic E-state index is 11.9. The highest BCUT2D eigenvalue weighted by atomic mass is 32.2. The fraction of sp³-hybridized carbons (Fsp3) is 0.133. The summed E-state index contributed by atoms with van der Waals surface area (Å²) in [5, 5.41) is 23.4. The number of nitrogens with zero attached hydrogens (tertiary/aromatic N) is 4. The number of aromatic carboxylic acids is 1. The monoisotopic (exact) mass is 359 g/mol. The molecule has 2 aromatic heterocycles. The molecule has 9 nitrogen and oxygen atoms in total. The third kappa shape index (κ3) is 4.23.